The smallest absolute Gasteiger partial charge is 0.371 e. The highest BCUT2D eigenvalue weighted by Crippen LogP contribution is 2.20. The van der Waals surface area contributed by atoms with Crippen molar-refractivity contribution >= 4 is 33.0 Å². The van der Waals surface area contributed by atoms with Gasteiger partial charge in [-0.1, -0.05) is 0 Å². The largest absolute Gasteiger partial charge is 0.475 e. The van der Waals surface area contributed by atoms with Crippen molar-refractivity contribution in [2.75, 3.05) is 4.72 Å². The van der Waals surface area contributed by atoms with Crippen LogP contribution in [0.5, 0.6) is 0 Å². The monoisotopic (exact) mass is 309 g/mol. The molecule has 0 aliphatic carbocycles. The van der Waals surface area contributed by atoms with Gasteiger partial charge in [0.2, 0.25) is 10.9 Å². The molecule has 0 aliphatic rings. The highest BCUT2D eigenvalue weighted by atomic mass is 32.2. The molecule has 0 spiro atoms. The molecule has 0 amide bonds. The fourth-order valence-electron chi connectivity index (χ4n) is 1.60. The Kier molecular flexibility index (Phi) is 2.83. The average Bonchev–Trinajstić information content (AvgIpc) is 3.08. The maximum atomic E-state index is 12.1. The summed E-state index contributed by atoms with van der Waals surface area (Å²) < 4.78 is 31.2. The number of sulfonamides is 1. The number of imidazole rings is 1. The standard InChI is InChI=1S/C10H7N5O5S/c16-10(17)5-1-2-6(20-5)21(18,19)15-9-7-8(12-3-11-7)13-4-14-9/h1-4H,(H,16,17)(H2,11,12,13,14,15). The van der Waals surface area contributed by atoms with E-state index < -0.39 is 26.8 Å². The molecular weight excluding hydrogens is 302 g/mol. The summed E-state index contributed by atoms with van der Waals surface area (Å²) in [6, 6.07) is 2.08. The number of hydrogen-bond acceptors (Lipinski definition) is 7. The van der Waals surface area contributed by atoms with Crippen molar-refractivity contribution in [2.45, 2.75) is 5.09 Å². The van der Waals surface area contributed by atoms with Gasteiger partial charge in [0.25, 0.3) is 10.0 Å². The number of carboxylic acids is 1. The van der Waals surface area contributed by atoms with Gasteiger partial charge in [-0.05, 0) is 12.1 Å². The van der Waals surface area contributed by atoms with Crippen molar-refractivity contribution in [1.29, 1.82) is 0 Å². The van der Waals surface area contributed by atoms with Crippen molar-refractivity contribution in [3.05, 3.63) is 30.5 Å². The summed E-state index contributed by atoms with van der Waals surface area (Å²) in [5.41, 5.74) is 0.583. The Hall–Kier alpha value is -2.95. The molecule has 21 heavy (non-hydrogen) atoms. The van der Waals surface area contributed by atoms with E-state index in [9.17, 15) is 13.2 Å². The molecule has 108 valence electrons. The van der Waals surface area contributed by atoms with E-state index in [0.29, 0.717) is 5.52 Å². The van der Waals surface area contributed by atoms with Crippen LogP contribution in [-0.2, 0) is 10.0 Å². The van der Waals surface area contributed by atoms with E-state index in [1.807, 2.05) is 0 Å². The number of hydrogen-bond donors (Lipinski definition) is 3. The lowest BCUT2D eigenvalue weighted by Gasteiger charge is -2.04. The minimum absolute atomic E-state index is 0.0224. The number of fused-ring (bicyclic) bond motifs is 1. The van der Waals surface area contributed by atoms with Crippen LogP contribution in [0.1, 0.15) is 10.6 Å². The number of carbonyl (C=O) groups is 1. The summed E-state index contributed by atoms with van der Waals surface area (Å²) in [7, 11) is -4.11. The maximum absolute atomic E-state index is 12.1. The summed E-state index contributed by atoms with van der Waals surface area (Å²) in [6.07, 6.45) is 2.48. The van der Waals surface area contributed by atoms with Crippen molar-refractivity contribution in [2.24, 2.45) is 0 Å². The van der Waals surface area contributed by atoms with Gasteiger partial charge in [-0.25, -0.2) is 19.7 Å². The molecule has 0 aliphatic heterocycles. The zero-order valence-electron chi connectivity index (χ0n) is 10.1. The van der Waals surface area contributed by atoms with Gasteiger partial charge in [-0.2, -0.15) is 8.42 Å². The molecule has 0 saturated heterocycles. The molecule has 0 fully saturated rings. The fraction of sp³-hybridized carbons (Fsp3) is 0. The zero-order chi connectivity index (χ0) is 15.0. The first-order valence-corrected chi connectivity index (χ1v) is 6.96. The van der Waals surface area contributed by atoms with Crippen LogP contribution in [0.25, 0.3) is 11.2 Å². The van der Waals surface area contributed by atoms with E-state index in [1.54, 1.807) is 0 Å². The van der Waals surface area contributed by atoms with Crippen LogP contribution >= 0.6 is 0 Å². The van der Waals surface area contributed by atoms with Crippen LogP contribution in [0.15, 0.2) is 34.3 Å². The van der Waals surface area contributed by atoms with E-state index in [2.05, 4.69) is 24.7 Å². The van der Waals surface area contributed by atoms with E-state index in [1.165, 1.54) is 6.33 Å². The number of H-pyrrole nitrogens is 1. The first kappa shape index (κ1) is 13.1. The van der Waals surface area contributed by atoms with E-state index in [0.717, 1.165) is 18.5 Å². The number of furan rings is 1. The number of rotatable bonds is 4. The molecule has 3 aromatic heterocycles. The maximum Gasteiger partial charge on any atom is 0.371 e. The second-order valence-corrected chi connectivity index (χ2v) is 5.47. The molecule has 0 unspecified atom stereocenters. The Labute approximate surface area is 116 Å². The molecule has 3 rings (SSSR count). The Morgan fingerprint density at radius 2 is 2.10 bits per heavy atom. The molecule has 3 aromatic rings. The highest BCUT2D eigenvalue weighted by Gasteiger charge is 2.23. The zero-order valence-corrected chi connectivity index (χ0v) is 11.0. The molecule has 3 N–H and O–H groups in total. The Bertz CT molecular complexity index is 928. The van der Waals surface area contributed by atoms with Crippen LogP contribution in [0.3, 0.4) is 0 Å². The van der Waals surface area contributed by atoms with Crippen molar-refractivity contribution in [1.82, 2.24) is 19.9 Å². The predicted molar refractivity (Wildman–Crippen MR) is 68.2 cm³/mol. The van der Waals surface area contributed by atoms with Gasteiger partial charge in [-0.15, -0.1) is 0 Å². The summed E-state index contributed by atoms with van der Waals surface area (Å²) >= 11 is 0. The molecule has 10 nitrogen and oxygen atoms in total. The normalized spacial score (nSPS) is 11.6. The molecular formula is C10H7N5O5S. The highest BCUT2D eigenvalue weighted by molar-refractivity contribution is 7.92. The molecule has 0 saturated carbocycles. The van der Waals surface area contributed by atoms with Gasteiger partial charge in [0.1, 0.15) is 11.8 Å². The van der Waals surface area contributed by atoms with E-state index >= 15 is 0 Å². The van der Waals surface area contributed by atoms with Crippen LogP contribution < -0.4 is 4.72 Å². The number of nitrogens with zero attached hydrogens (tertiary/aromatic N) is 3. The minimum Gasteiger partial charge on any atom is -0.475 e. The predicted octanol–water partition coefficient (Wildman–Crippen LogP) is 0.445. The Morgan fingerprint density at radius 1 is 1.29 bits per heavy atom. The number of aromatic carboxylic acids is 1. The SMILES string of the molecule is O=C(O)c1ccc(S(=O)(=O)Nc2ncnc3nc[nH]c23)o1. The van der Waals surface area contributed by atoms with E-state index in [4.69, 9.17) is 9.52 Å². The van der Waals surface area contributed by atoms with Crippen LogP contribution in [0.4, 0.5) is 5.82 Å². The van der Waals surface area contributed by atoms with Gasteiger partial charge in [-0.3, -0.25) is 4.72 Å². The lowest BCUT2D eigenvalue weighted by atomic mass is 10.5. The molecule has 0 bridgehead atoms. The molecule has 0 atom stereocenters. The molecule has 3 heterocycles. The van der Waals surface area contributed by atoms with Crippen molar-refractivity contribution in [3.63, 3.8) is 0 Å². The second kappa shape index (κ2) is 4.56. The number of aromatic nitrogens is 4. The Balaban J connectivity index is 1.99. The third kappa shape index (κ3) is 2.29. The number of anilines is 1. The van der Waals surface area contributed by atoms with Gasteiger partial charge < -0.3 is 14.5 Å². The van der Waals surface area contributed by atoms with Crippen LogP contribution in [0, 0.1) is 0 Å². The Morgan fingerprint density at radius 3 is 2.81 bits per heavy atom. The quantitative estimate of drug-likeness (QED) is 0.628. The van der Waals surface area contributed by atoms with Gasteiger partial charge in [0.05, 0.1) is 6.33 Å². The fourth-order valence-corrected chi connectivity index (χ4v) is 2.56. The molecule has 0 radical (unpaired) electrons. The third-order valence-electron chi connectivity index (χ3n) is 2.51. The lowest BCUT2D eigenvalue weighted by Crippen LogP contribution is -2.13. The first-order valence-electron chi connectivity index (χ1n) is 5.47. The average molecular weight is 309 g/mol. The van der Waals surface area contributed by atoms with Gasteiger partial charge in [0.15, 0.2) is 11.5 Å². The lowest BCUT2D eigenvalue weighted by molar-refractivity contribution is 0.0656. The second-order valence-electron chi connectivity index (χ2n) is 3.85. The van der Waals surface area contributed by atoms with Crippen molar-refractivity contribution in [3.8, 4) is 0 Å². The number of nitrogens with one attached hydrogen (secondary N) is 2. The van der Waals surface area contributed by atoms with Gasteiger partial charge in [0, 0.05) is 0 Å². The number of carboxylic acid groups (broad SMARTS) is 1. The number of aromatic amines is 1. The first-order chi connectivity index (χ1) is 9.97. The molecule has 0 aromatic carbocycles. The third-order valence-corrected chi connectivity index (χ3v) is 3.72. The summed E-state index contributed by atoms with van der Waals surface area (Å²) in [4.78, 5) is 24.9. The minimum atomic E-state index is -4.11. The topological polar surface area (TPSA) is 151 Å². The summed E-state index contributed by atoms with van der Waals surface area (Å²) in [6.45, 7) is 0. The van der Waals surface area contributed by atoms with Crippen LogP contribution in [0.2, 0.25) is 0 Å². The van der Waals surface area contributed by atoms with Crippen LogP contribution in [-0.4, -0.2) is 39.4 Å². The van der Waals surface area contributed by atoms with Crippen molar-refractivity contribution < 1.29 is 22.7 Å². The molecule has 11 heteroatoms. The summed E-state index contributed by atoms with van der Waals surface area (Å²) in [5, 5.41) is 8.19. The van der Waals surface area contributed by atoms with Gasteiger partial charge >= 0.3 is 5.97 Å². The summed E-state index contributed by atoms with van der Waals surface area (Å²) in [5.74, 6) is -1.87. The van der Waals surface area contributed by atoms with E-state index in [-0.39, 0.29) is 11.5 Å².